The third kappa shape index (κ3) is 2.14. The van der Waals surface area contributed by atoms with Gasteiger partial charge in [-0.25, -0.2) is 0 Å². The van der Waals surface area contributed by atoms with Crippen molar-refractivity contribution >= 4 is 17.2 Å². The molecule has 0 bridgehead atoms. The Morgan fingerprint density at radius 2 is 2.56 bits per heavy atom. The first kappa shape index (κ1) is 6.75. The summed E-state index contributed by atoms with van der Waals surface area (Å²) in [6, 6.07) is 0.516. The average molecular weight is 141 g/mol. The van der Waals surface area contributed by atoms with E-state index < -0.39 is 0 Å². The lowest BCUT2D eigenvalue weighted by atomic mass is 10.3. The van der Waals surface area contributed by atoms with E-state index in [9.17, 15) is 0 Å². The van der Waals surface area contributed by atoms with Gasteiger partial charge in [0.2, 0.25) is 0 Å². The summed E-state index contributed by atoms with van der Waals surface area (Å²) >= 11 is 4.89. The van der Waals surface area contributed by atoms with Crippen molar-refractivity contribution in [3.05, 3.63) is 12.2 Å². The molecule has 0 unspecified atom stereocenters. The molecule has 0 heterocycles. The third-order valence-corrected chi connectivity index (χ3v) is 1.52. The van der Waals surface area contributed by atoms with Gasteiger partial charge in [-0.05, 0) is 19.8 Å². The van der Waals surface area contributed by atoms with Crippen LogP contribution in [-0.2, 0) is 0 Å². The maximum Gasteiger partial charge on any atom is 0.0726 e. The first-order chi connectivity index (χ1) is 4.29. The van der Waals surface area contributed by atoms with E-state index in [0.717, 1.165) is 4.99 Å². The number of allylic oxidation sites excluding steroid dienone is 1. The van der Waals surface area contributed by atoms with Gasteiger partial charge < -0.3 is 5.32 Å². The van der Waals surface area contributed by atoms with E-state index in [1.54, 1.807) is 0 Å². The van der Waals surface area contributed by atoms with Crippen LogP contribution in [0, 0.1) is 0 Å². The van der Waals surface area contributed by atoms with Gasteiger partial charge in [0.25, 0.3) is 0 Å². The van der Waals surface area contributed by atoms with Gasteiger partial charge in [-0.2, -0.15) is 0 Å². The van der Waals surface area contributed by atoms with Crippen molar-refractivity contribution in [3.8, 4) is 0 Å². The van der Waals surface area contributed by atoms with Gasteiger partial charge >= 0.3 is 0 Å². The molecular weight excluding hydrogens is 130 g/mol. The third-order valence-electron chi connectivity index (χ3n) is 1.40. The summed E-state index contributed by atoms with van der Waals surface area (Å²) in [6.45, 7) is 1.92. The highest BCUT2D eigenvalue weighted by Crippen LogP contribution is 2.08. The zero-order valence-electron chi connectivity index (χ0n) is 5.55. The maximum atomic E-state index is 4.89. The Kier molecular flexibility index (Phi) is 2.22. The fraction of sp³-hybridized carbons (Fsp3) is 0.571. The Labute approximate surface area is 61.1 Å². The van der Waals surface area contributed by atoms with Crippen molar-refractivity contribution in [2.45, 2.75) is 25.8 Å². The molecule has 1 nitrogen and oxygen atoms in total. The first-order valence-electron chi connectivity index (χ1n) is 3.23. The molecule has 50 valence electrons. The molecule has 9 heavy (non-hydrogen) atoms. The number of nitrogens with one attached hydrogen (secondary N) is 1. The number of thiocarbonyl (C=S) groups is 1. The van der Waals surface area contributed by atoms with E-state index in [2.05, 4.69) is 17.5 Å². The van der Waals surface area contributed by atoms with Crippen LogP contribution in [0.4, 0.5) is 0 Å². The number of hydrogen-bond donors (Lipinski definition) is 1. The van der Waals surface area contributed by atoms with Crippen LogP contribution in [0.25, 0.3) is 0 Å². The van der Waals surface area contributed by atoms with Crippen molar-refractivity contribution in [1.29, 1.82) is 0 Å². The van der Waals surface area contributed by atoms with E-state index in [0.29, 0.717) is 6.04 Å². The second kappa shape index (κ2) is 2.97. The minimum Gasteiger partial charge on any atom is -0.374 e. The molecule has 0 aliphatic heterocycles. The van der Waals surface area contributed by atoms with E-state index >= 15 is 0 Å². The van der Waals surface area contributed by atoms with Gasteiger partial charge in [0.1, 0.15) is 0 Å². The van der Waals surface area contributed by atoms with Crippen molar-refractivity contribution in [1.82, 2.24) is 5.32 Å². The second-order valence-electron chi connectivity index (χ2n) is 2.31. The lowest BCUT2D eigenvalue weighted by molar-refractivity contribution is 0.708. The highest BCUT2D eigenvalue weighted by molar-refractivity contribution is 7.80. The summed E-state index contributed by atoms with van der Waals surface area (Å²) in [5.74, 6) is 0. The van der Waals surface area contributed by atoms with Crippen LogP contribution in [-0.4, -0.2) is 11.0 Å². The normalized spacial score (nSPS) is 24.3. The molecular formula is C7H11NS. The summed E-state index contributed by atoms with van der Waals surface area (Å²) in [5.41, 5.74) is 0. The van der Waals surface area contributed by atoms with Gasteiger partial charge in [-0.3, -0.25) is 0 Å². The number of rotatable bonds is 1. The van der Waals surface area contributed by atoms with Crippen LogP contribution in [0.5, 0.6) is 0 Å². The molecule has 0 amide bonds. The first-order valence-corrected chi connectivity index (χ1v) is 3.63. The summed E-state index contributed by atoms with van der Waals surface area (Å²) in [7, 11) is 0. The van der Waals surface area contributed by atoms with Gasteiger partial charge in [0.15, 0.2) is 0 Å². The van der Waals surface area contributed by atoms with Crippen LogP contribution >= 0.6 is 12.2 Å². The molecule has 0 radical (unpaired) electrons. The van der Waals surface area contributed by atoms with Crippen molar-refractivity contribution in [2.75, 3.05) is 0 Å². The molecule has 1 aliphatic carbocycles. The highest BCUT2D eigenvalue weighted by atomic mass is 32.1. The molecule has 0 aromatic carbocycles. The SMILES string of the molecule is CC(=S)N[C@@H]1C=CCC1. The fourth-order valence-electron chi connectivity index (χ4n) is 1.01. The lowest BCUT2D eigenvalue weighted by Gasteiger charge is -2.08. The molecule has 0 saturated carbocycles. The molecule has 0 fully saturated rings. The zero-order valence-corrected chi connectivity index (χ0v) is 6.37. The van der Waals surface area contributed by atoms with Crippen LogP contribution in [0.1, 0.15) is 19.8 Å². The largest absolute Gasteiger partial charge is 0.374 e. The molecule has 1 N–H and O–H groups in total. The monoisotopic (exact) mass is 141 g/mol. The highest BCUT2D eigenvalue weighted by Gasteiger charge is 2.06. The van der Waals surface area contributed by atoms with Crippen molar-refractivity contribution < 1.29 is 0 Å². The van der Waals surface area contributed by atoms with Gasteiger partial charge in [-0.1, -0.05) is 24.4 Å². The van der Waals surface area contributed by atoms with Gasteiger partial charge in [-0.15, -0.1) is 0 Å². The van der Waals surface area contributed by atoms with Crippen molar-refractivity contribution in [2.24, 2.45) is 0 Å². The van der Waals surface area contributed by atoms with Gasteiger partial charge in [0.05, 0.1) is 4.99 Å². The maximum absolute atomic E-state index is 4.89. The smallest absolute Gasteiger partial charge is 0.0726 e. The van der Waals surface area contributed by atoms with Crippen LogP contribution in [0.15, 0.2) is 12.2 Å². The lowest BCUT2D eigenvalue weighted by Crippen LogP contribution is -2.28. The van der Waals surface area contributed by atoms with Crippen LogP contribution in [0.2, 0.25) is 0 Å². The Hall–Kier alpha value is -0.370. The predicted octanol–water partition coefficient (Wildman–Crippen LogP) is 1.64. The van der Waals surface area contributed by atoms with Crippen molar-refractivity contribution in [3.63, 3.8) is 0 Å². The molecule has 0 aromatic rings. The minimum absolute atomic E-state index is 0.516. The molecule has 1 atom stereocenters. The van der Waals surface area contributed by atoms with E-state index in [1.807, 2.05) is 6.92 Å². The Morgan fingerprint density at radius 3 is 3.00 bits per heavy atom. The average Bonchev–Trinajstić information content (AvgIpc) is 2.15. The molecule has 1 aliphatic rings. The fourth-order valence-corrected chi connectivity index (χ4v) is 1.17. The quantitative estimate of drug-likeness (QED) is 0.440. The molecule has 2 heteroatoms. The van der Waals surface area contributed by atoms with E-state index in [-0.39, 0.29) is 0 Å². The molecule has 0 saturated heterocycles. The summed E-state index contributed by atoms with van der Waals surface area (Å²) in [4.78, 5) is 0.895. The summed E-state index contributed by atoms with van der Waals surface area (Å²) in [5, 5.41) is 3.19. The van der Waals surface area contributed by atoms with E-state index in [4.69, 9.17) is 12.2 Å². The molecule has 0 aromatic heterocycles. The Balaban J connectivity index is 2.28. The van der Waals surface area contributed by atoms with Gasteiger partial charge in [0, 0.05) is 6.04 Å². The standard InChI is InChI=1S/C7H11NS/c1-6(9)8-7-4-2-3-5-7/h2,4,7H,3,5H2,1H3,(H,8,9)/t7-/m1/s1. The number of hydrogen-bond acceptors (Lipinski definition) is 1. The van der Waals surface area contributed by atoms with Crippen LogP contribution in [0.3, 0.4) is 0 Å². The minimum atomic E-state index is 0.516. The molecule has 1 rings (SSSR count). The Morgan fingerprint density at radius 1 is 1.78 bits per heavy atom. The Bertz CT molecular complexity index is 140. The molecule has 0 spiro atoms. The zero-order chi connectivity index (χ0) is 6.69. The van der Waals surface area contributed by atoms with E-state index in [1.165, 1.54) is 12.8 Å². The topological polar surface area (TPSA) is 12.0 Å². The summed E-state index contributed by atoms with van der Waals surface area (Å²) in [6.07, 6.45) is 6.76. The summed E-state index contributed by atoms with van der Waals surface area (Å²) < 4.78 is 0. The van der Waals surface area contributed by atoms with Crippen LogP contribution < -0.4 is 5.32 Å². The second-order valence-corrected chi connectivity index (χ2v) is 2.92. The predicted molar refractivity (Wildman–Crippen MR) is 43.6 cm³/mol.